The Balaban J connectivity index is 1.36. The van der Waals surface area contributed by atoms with Crippen LogP contribution in [0.5, 0.6) is 11.5 Å². The van der Waals surface area contributed by atoms with E-state index in [1.807, 2.05) is 18.2 Å². The number of hydrogen-bond donors (Lipinski definition) is 3. The number of amides is 2. The van der Waals surface area contributed by atoms with Crippen molar-refractivity contribution in [1.82, 2.24) is 25.6 Å². The van der Waals surface area contributed by atoms with Crippen LogP contribution in [-0.4, -0.2) is 52.6 Å². The van der Waals surface area contributed by atoms with Gasteiger partial charge in [-0.25, -0.2) is 9.97 Å². The molecule has 1 aromatic carbocycles. The van der Waals surface area contributed by atoms with Crippen LogP contribution in [0.25, 0.3) is 22.3 Å². The molecule has 3 N–H and O–H groups in total. The molecule has 0 atom stereocenters. The second kappa shape index (κ2) is 9.93. The van der Waals surface area contributed by atoms with Gasteiger partial charge in [0.05, 0.1) is 24.8 Å². The van der Waals surface area contributed by atoms with Crippen molar-refractivity contribution in [3.63, 3.8) is 0 Å². The summed E-state index contributed by atoms with van der Waals surface area (Å²) in [5.74, 6) is 1.85. The monoisotopic (exact) mass is 477 g/mol. The van der Waals surface area contributed by atoms with Crippen molar-refractivity contribution in [2.75, 3.05) is 13.7 Å². The summed E-state index contributed by atoms with van der Waals surface area (Å²) in [4.78, 5) is 36.6. The van der Waals surface area contributed by atoms with Crippen molar-refractivity contribution in [3.05, 3.63) is 36.3 Å². The lowest BCUT2D eigenvalue weighted by atomic mass is 9.91. The van der Waals surface area contributed by atoms with Crippen molar-refractivity contribution in [1.29, 1.82) is 0 Å². The fourth-order valence-corrected chi connectivity index (χ4v) is 4.69. The molecule has 2 saturated carbocycles. The van der Waals surface area contributed by atoms with Crippen molar-refractivity contribution < 1.29 is 19.1 Å². The molecule has 3 aromatic rings. The Morgan fingerprint density at radius 3 is 2.49 bits per heavy atom. The van der Waals surface area contributed by atoms with Crippen molar-refractivity contribution in [3.8, 4) is 22.8 Å². The highest BCUT2D eigenvalue weighted by Crippen LogP contribution is 2.37. The van der Waals surface area contributed by atoms with Crippen LogP contribution < -0.4 is 20.1 Å². The summed E-state index contributed by atoms with van der Waals surface area (Å²) in [7, 11) is 1.63. The second-order valence-electron chi connectivity index (χ2n) is 9.49. The zero-order chi connectivity index (χ0) is 24.4. The number of rotatable bonds is 8. The summed E-state index contributed by atoms with van der Waals surface area (Å²) in [5, 5.41) is 6.11. The predicted octanol–water partition coefficient (Wildman–Crippen LogP) is 3.60. The molecular formula is C26H31N5O4. The van der Waals surface area contributed by atoms with Crippen LogP contribution in [0, 0.1) is 5.92 Å². The lowest BCUT2D eigenvalue weighted by Crippen LogP contribution is -2.43. The van der Waals surface area contributed by atoms with Gasteiger partial charge in [-0.2, -0.15) is 0 Å². The molecule has 2 fully saturated rings. The van der Waals surface area contributed by atoms with E-state index in [-0.39, 0.29) is 23.9 Å². The number of fused-ring (bicyclic) bond motifs is 1. The molecule has 0 radical (unpaired) electrons. The quantitative estimate of drug-likeness (QED) is 0.456. The zero-order valence-electron chi connectivity index (χ0n) is 20.1. The van der Waals surface area contributed by atoms with Crippen LogP contribution in [0.3, 0.4) is 0 Å². The molecule has 35 heavy (non-hydrogen) atoms. The van der Waals surface area contributed by atoms with E-state index in [4.69, 9.17) is 9.47 Å². The third-order valence-corrected chi connectivity index (χ3v) is 6.79. The van der Waals surface area contributed by atoms with E-state index in [0.717, 1.165) is 31.2 Å². The van der Waals surface area contributed by atoms with Gasteiger partial charge in [-0.1, -0.05) is 0 Å². The topological polar surface area (TPSA) is 118 Å². The molecule has 184 valence electrons. The maximum atomic E-state index is 13.1. The fourth-order valence-electron chi connectivity index (χ4n) is 4.69. The molecule has 2 aliphatic rings. The minimum Gasteiger partial charge on any atom is -0.497 e. The number of carbonyl (C=O) groups excluding carboxylic acids is 2. The predicted molar refractivity (Wildman–Crippen MR) is 131 cm³/mol. The Hall–Kier alpha value is -3.62. The Morgan fingerprint density at radius 1 is 1.06 bits per heavy atom. The number of hydrogen-bond acceptors (Lipinski definition) is 6. The number of aromatic nitrogens is 3. The molecule has 0 spiro atoms. The molecule has 2 amide bonds. The van der Waals surface area contributed by atoms with Crippen LogP contribution in [0.15, 0.2) is 30.7 Å². The first-order valence-electron chi connectivity index (χ1n) is 12.2. The molecule has 0 aliphatic heterocycles. The number of nitrogens with one attached hydrogen (secondary N) is 3. The highest BCUT2D eigenvalue weighted by Gasteiger charge is 2.26. The first-order chi connectivity index (χ1) is 17.0. The third-order valence-electron chi connectivity index (χ3n) is 6.79. The van der Waals surface area contributed by atoms with Gasteiger partial charge in [-0.15, -0.1) is 0 Å². The van der Waals surface area contributed by atoms with E-state index < -0.39 is 0 Å². The summed E-state index contributed by atoms with van der Waals surface area (Å²) < 4.78 is 11.5. The van der Waals surface area contributed by atoms with Crippen molar-refractivity contribution in [2.24, 2.45) is 5.92 Å². The Labute approximate surface area is 204 Å². The van der Waals surface area contributed by atoms with Gasteiger partial charge in [0.25, 0.3) is 5.91 Å². The highest BCUT2D eigenvalue weighted by molar-refractivity contribution is 6.08. The first-order valence-corrected chi connectivity index (χ1v) is 12.2. The third kappa shape index (κ3) is 5.23. The average Bonchev–Trinajstić information content (AvgIpc) is 3.59. The van der Waals surface area contributed by atoms with Gasteiger partial charge in [0.15, 0.2) is 0 Å². The molecular weight excluding hydrogens is 446 g/mol. The Morgan fingerprint density at radius 2 is 1.80 bits per heavy atom. The molecule has 0 unspecified atom stereocenters. The number of nitrogens with zero attached hydrogens (tertiary/aromatic N) is 2. The standard InChI is InChI=1S/C26H31N5O4/c1-15(32)30-17-5-7-18(8-6-17)31-26(33)21-12-27-25-23(28-14-29-24(21)25)20-10-9-19(34-2)11-22(20)35-13-16-3-4-16/h9-12,14,16-18,27H,3-8,13H2,1-2H3,(H,30,32)(H,31,33)/t17-,18-. The van der Waals surface area contributed by atoms with E-state index >= 15 is 0 Å². The summed E-state index contributed by atoms with van der Waals surface area (Å²) in [6, 6.07) is 5.94. The van der Waals surface area contributed by atoms with Gasteiger partial charge in [-0.05, 0) is 56.6 Å². The number of benzene rings is 1. The average molecular weight is 478 g/mol. The van der Waals surface area contributed by atoms with E-state index in [1.165, 1.54) is 26.1 Å². The lowest BCUT2D eigenvalue weighted by molar-refractivity contribution is -0.119. The van der Waals surface area contributed by atoms with Crippen LogP contribution in [0.4, 0.5) is 0 Å². The maximum Gasteiger partial charge on any atom is 0.255 e. The van der Waals surface area contributed by atoms with E-state index in [0.29, 0.717) is 46.3 Å². The van der Waals surface area contributed by atoms with Crippen LogP contribution in [0.1, 0.15) is 55.8 Å². The van der Waals surface area contributed by atoms with Crippen LogP contribution in [-0.2, 0) is 4.79 Å². The van der Waals surface area contributed by atoms with Crippen LogP contribution >= 0.6 is 0 Å². The summed E-state index contributed by atoms with van der Waals surface area (Å²) in [6.45, 7) is 2.20. The number of ether oxygens (including phenoxy) is 2. The van der Waals surface area contributed by atoms with Crippen LogP contribution in [0.2, 0.25) is 0 Å². The molecule has 2 aliphatic carbocycles. The van der Waals surface area contributed by atoms with E-state index in [1.54, 1.807) is 13.3 Å². The minimum atomic E-state index is -0.163. The molecule has 0 bridgehead atoms. The molecule has 0 saturated heterocycles. The second-order valence-corrected chi connectivity index (χ2v) is 9.49. The van der Waals surface area contributed by atoms with Gasteiger partial charge in [-0.3, -0.25) is 9.59 Å². The Kier molecular flexibility index (Phi) is 6.57. The zero-order valence-corrected chi connectivity index (χ0v) is 20.1. The largest absolute Gasteiger partial charge is 0.497 e. The summed E-state index contributed by atoms with van der Waals surface area (Å²) in [5.41, 5.74) is 3.25. The number of H-pyrrole nitrogens is 1. The van der Waals surface area contributed by atoms with E-state index in [9.17, 15) is 9.59 Å². The SMILES string of the molecule is COc1ccc(-c2ncnc3c(C(=O)N[C@H]4CC[C@H](NC(C)=O)CC4)c[nH]c23)c(OCC2CC2)c1. The van der Waals surface area contributed by atoms with Gasteiger partial charge in [0.1, 0.15) is 29.0 Å². The van der Waals surface area contributed by atoms with Gasteiger partial charge in [0.2, 0.25) is 5.91 Å². The normalized spacial score (nSPS) is 19.8. The molecule has 9 heteroatoms. The summed E-state index contributed by atoms with van der Waals surface area (Å²) in [6.07, 6.45) is 8.92. The smallest absolute Gasteiger partial charge is 0.255 e. The van der Waals surface area contributed by atoms with Crippen molar-refractivity contribution >= 4 is 22.8 Å². The van der Waals surface area contributed by atoms with Crippen molar-refractivity contribution in [2.45, 2.75) is 57.5 Å². The highest BCUT2D eigenvalue weighted by atomic mass is 16.5. The molecule has 5 rings (SSSR count). The summed E-state index contributed by atoms with van der Waals surface area (Å²) >= 11 is 0. The fraction of sp³-hybridized carbons (Fsp3) is 0.462. The number of carbonyl (C=O) groups is 2. The van der Waals surface area contributed by atoms with Gasteiger partial charge in [0, 0.05) is 36.8 Å². The number of aromatic amines is 1. The molecule has 2 aromatic heterocycles. The first kappa shape index (κ1) is 23.1. The molecule has 9 nitrogen and oxygen atoms in total. The maximum absolute atomic E-state index is 13.1. The number of methoxy groups -OCH3 is 1. The van der Waals surface area contributed by atoms with Gasteiger partial charge >= 0.3 is 0 Å². The Bertz CT molecular complexity index is 1230. The van der Waals surface area contributed by atoms with E-state index in [2.05, 4.69) is 25.6 Å². The molecule has 2 heterocycles. The minimum absolute atomic E-state index is 0.00952. The van der Waals surface area contributed by atoms with Gasteiger partial charge < -0.3 is 25.1 Å². The lowest BCUT2D eigenvalue weighted by Gasteiger charge is -2.29.